The smallest absolute Gasteiger partial charge is 0.357 e. The number of aromatic carboxylic acids is 1. The number of carboxylic acids is 1. The lowest BCUT2D eigenvalue weighted by molar-refractivity contribution is 0.0691. The molecular weight excluding hydrogens is 272 g/mol. The minimum atomic E-state index is -1.00. The summed E-state index contributed by atoms with van der Waals surface area (Å²) in [6.07, 6.45) is 0. The number of nitrogens with zero attached hydrogens (tertiary/aromatic N) is 2. The van der Waals surface area contributed by atoms with Crippen LogP contribution in [0.2, 0.25) is 0 Å². The van der Waals surface area contributed by atoms with Crippen LogP contribution < -0.4 is 0 Å². The summed E-state index contributed by atoms with van der Waals surface area (Å²) in [5.74, 6) is -1.00. The molecule has 0 fully saturated rings. The molecule has 2 rings (SSSR count). The van der Waals surface area contributed by atoms with Crippen molar-refractivity contribution >= 4 is 32.8 Å². The molecule has 1 N–H and O–H groups in total. The van der Waals surface area contributed by atoms with Crippen LogP contribution in [0.15, 0.2) is 22.7 Å². The maximum atomic E-state index is 11.1. The van der Waals surface area contributed by atoms with Crippen LogP contribution in [0.3, 0.4) is 0 Å². The van der Waals surface area contributed by atoms with E-state index in [1.165, 1.54) is 0 Å². The minimum Gasteiger partial charge on any atom is -0.476 e. The molecule has 4 nitrogen and oxygen atoms in total. The van der Waals surface area contributed by atoms with Crippen molar-refractivity contribution in [1.29, 1.82) is 0 Å². The highest BCUT2D eigenvalue weighted by Crippen LogP contribution is 2.28. The molecule has 0 atom stereocenters. The standard InChI is InChI=1S/C11H11BrN2O2/c1-6(2)14-8-5-3-4-7(12)9(8)10(13-14)11(15)16/h3-6H,1-2H3,(H,15,16). The maximum absolute atomic E-state index is 11.1. The molecule has 0 aliphatic rings. The van der Waals surface area contributed by atoms with Crippen molar-refractivity contribution in [2.45, 2.75) is 19.9 Å². The van der Waals surface area contributed by atoms with Gasteiger partial charge in [0.2, 0.25) is 0 Å². The maximum Gasteiger partial charge on any atom is 0.357 e. The monoisotopic (exact) mass is 282 g/mol. The lowest BCUT2D eigenvalue weighted by Crippen LogP contribution is -2.05. The SMILES string of the molecule is CC(C)n1nc(C(=O)O)c2c(Br)cccc21. The molecule has 0 amide bonds. The molecule has 16 heavy (non-hydrogen) atoms. The second-order valence-corrected chi connectivity index (χ2v) is 4.68. The lowest BCUT2D eigenvalue weighted by atomic mass is 10.2. The molecule has 0 radical (unpaired) electrons. The molecule has 0 unspecified atom stereocenters. The Morgan fingerprint density at radius 3 is 2.75 bits per heavy atom. The van der Waals surface area contributed by atoms with Crippen molar-refractivity contribution in [3.63, 3.8) is 0 Å². The average Bonchev–Trinajstić information content (AvgIpc) is 2.58. The van der Waals surface area contributed by atoms with Crippen LogP contribution in [0.5, 0.6) is 0 Å². The number of halogens is 1. The third-order valence-corrected chi connectivity index (χ3v) is 3.04. The quantitative estimate of drug-likeness (QED) is 0.921. The highest BCUT2D eigenvalue weighted by molar-refractivity contribution is 9.10. The van der Waals surface area contributed by atoms with E-state index in [0.29, 0.717) is 5.39 Å². The summed E-state index contributed by atoms with van der Waals surface area (Å²) < 4.78 is 2.48. The number of carboxylic acid groups (broad SMARTS) is 1. The number of fused-ring (bicyclic) bond motifs is 1. The molecule has 0 saturated carbocycles. The Labute approximate surface area is 101 Å². The molecule has 0 aliphatic carbocycles. The average molecular weight is 283 g/mol. The Morgan fingerprint density at radius 1 is 1.50 bits per heavy atom. The van der Waals surface area contributed by atoms with Gasteiger partial charge in [0.1, 0.15) is 0 Å². The second-order valence-electron chi connectivity index (χ2n) is 3.83. The van der Waals surface area contributed by atoms with Crippen molar-refractivity contribution in [2.24, 2.45) is 0 Å². The fourth-order valence-corrected chi connectivity index (χ4v) is 2.24. The number of carbonyl (C=O) groups is 1. The molecule has 0 bridgehead atoms. The van der Waals surface area contributed by atoms with Gasteiger partial charge in [0.15, 0.2) is 5.69 Å². The van der Waals surface area contributed by atoms with Gasteiger partial charge in [0.25, 0.3) is 0 Å². The fraction of sp³-hybridized carbons (Fsp3) is 0.273. The largest absolute Gasteiger partial charge is 0.476 e. The van der Waals surface area contributed by atoms with Gasteiger partial charge in [0, 0.05) is 15.9 Å². The molecule has 0 saturated heterocycles. The van der Waals surface area contributed by atoms with Crippen LogP contribution >= 0.6 is 15.9 Å². The van der Waals surface area contributed by atoms with Crippen molar-refractivity contribution < 1.29 is 9.90 Å². The van der Waals surface area contributed by atoms with Crippen molar-refractivity contribution in [3.05, 3.63) is 28.4 Å². The van der Waals surface area contributed by atoms with Crippen LogP contribution in [-0.4, -0.2) is 20.9 Å². The van der Waals surface area contributed by atoms with Gasteiger partial charge in [0.05, 0.1) is 5.52 Å². The highest BCUT2D eigenvalue weighted by atomic mass is 79.9. The van der Waals surface area contributed by atoms with E-state index in [-0.39, 0.29) is 11.7 Å². The van der Waals surface area contributed by atoms with E-state index in [1.807, 2.05) is 32.0 Å². The van der Waals surface area contributed by atoms with Crippen molar-refractivity contribution in [1.82, 2.24) is 9.78 Å². The molecule has 2 aromatic rings. The minimum absolute atomic E-state index is 0.0937. The van der Waals surface area contributed by atoms with E-state index in [1.54, 1.807) is 4.68 Å². The Kier molecular flexibility index (Phi) is 2.71. The molecular formula is C11H11BrN2O2. The van der Waals surface area contributed by atoms with Gasteiger partial charge < -0.3 is 5.11 Å². The first-order chi connectivity index (χ1) is 7.52. The van der Waals surface area contributed by atoms with E-state index in [2.05, 4.69) is 21.0 Å². The fourth-order valence-electron chi connectivity index (χ4n) is 1.69. The summed E-state index contributed by atoms with van der Waals surface area (Å²) in [5.41, 5.74) is 0.929. The molecule has 1 heterocycles. The molecule has 1 aromatic heterocycles. The van der Waals surface area contributed by atoms with E-state index in [9.17, 15) is 4.79 Å². The molecule has 0 aliphatic heterocycles. The van der Waals surface area contributed by atoms with Gasteiger partial charge in [-0.3, -0.25) is 4.68 Å². The van der Waals surface area contributed by atoms with Gasteiger partial charge in [-0.15, -0.1) is 0 Å². The van der Waals surface area contributed by atoms with Crippen LogP contribution in [0, 0.1) is 0 Å². The second kappa shape index (κ2) is 3.90. The van der Waals surface area contributed by atoms with E-state index < -0.39 is 5.97 Å². The van der Waals surface area contributed by atoms with Gasteiger partial charge in [-0.05, 0) is 26.0 Å². The first-order valence-corrected chi connectivity index (χ1v) is 5.71. The number of rotatable bonds is 2. The zero-order valence-corrected chi connectivity index (χ0v) is 10.5. The van der Waals surface area contributed by atoms with Crippen LogP contribution in [-0.2, 0) is 0 Å². The van der Waals surface area contributed by atoms with Crippen molar-refractivity contribution in [2.75, 3.05) is 0 Å². The first-order valence-electron chi connectivity index (χ1n) is 4.92. The summed E-state index contributed by atoms with van der Waals surface area (Å²) >= 11 is 3.36. The Balaban J connectivity index is 2.87. The van der Waals surface area contributed by atoms with Gasteiger partial charge >= 0.3 is 5.97 Å². The van der Waals surface area contributed by atoms with E-state index in [0.717, 1.165) is 9.99 Å². The molecule has 84 valence electrons. The Morgan fingerprint density at radius 2 is 2.19 bits per heavy atom. The van der Waals surface area contributed by atoms with E-state index in [4.69, 9.17) is 5.11 Å². The number of hydrogen-bond acceptors (Lipinski definition) is 2. The van der Waals surface area contributed by atoms with Gasteiger partial charge in [-0.2, -0.15) is 5.10 Å². The molecule has 1 aromatic carbocycles. The van der Waals surface area contributed by atoms with Gasteiger partial charge in [-0.25, -0.2) is 4.79 Å². The summed E-state index contributed by atoms with van der Waals surface area (Å²) in [4.78, 5) is 11.1. The third kappa shape index (κ3) is 1.61. The van der Waals surface area contributed by atoms with E-state index >= 15 is 0 Å². The predicted octanol–water partition coefficient (Wildman–Crippen LogP) is 3.08. The summed E-state index contributed by atoms with van der Waals surface area (Å²) in [7, 11) is 0. The zero-order chi connectivity index (χ0) is 11.9. The van der Waals surface area contributed by atoms with Crippen molar-refractivity contribution in [3.8, 4) is 0 Å². The lowest BCUT2D eigenvalue weighted by Gasteiger charge is -2.06. The van der Waals surface area contributed by atoms with Crippen LogP contribution in [0.1, 0.15) is 30.4 Å². The number of benzene rings is 1. The number of hydrogen-bond donors (Lipinski definition) is 1. The molecule has 5 heteroatoms. The van der Waals surface area contributed by atoms with Gasteiger partial charge in [-0.1, -0.05) is 22.0 Å². The third-order valence-electron chi connectivity index (χ3n) is 2.37. The Bertz CT molecular complexity index is 560. The summed E-state index contributed by atoms with van der Waals surface area (Å²) in [6.45, 7) is 3.94. The summed E-state index contributed by atoms with van der Waals surface area (Å²) in [5, 5.41) is 13.9. The Hall–Kier alpha value is -1.36. The topological polar surface area (TPSA) is 55.1 Å². The van der Waals surface area contributed by atoms with Crippen LogP contribution in [0.25, 0.3) is 10.9 Å². The summed E-state index contributed by atoms with van der Waals surface area (Å²) in [6, 6.07) is 5.70. The first kappa shape index (κ1) is 11.1. The highest BCUT2D eigenvalue weighted by Gasteiger charge is 2.19. The number of aromatic nitrogens is 2. The zero-order valence-electron chi connectivity index (χ0n) is 8.94. The normalized spacial score (nSPS) is 11.2. The van der Waals surface area contributed by atoms with Crippen LogP contribution in [0.4, 0.5) is 0 Å². The predicted molar refractivity (Wildman–Crippen MR) is 64.8 cm³/mol. The molecule has 0 spiro atoms.